The molecule has 2 unspecified atom stereocenters. The SMILES string of the molecule is CN(C)c1nc2c(c(=O)[nH]1)n(C)c[n+]2[C@@H]1O[C@H](COP(=O)(O)OP(=O)(O)n2ccnc2)[C@@H](O)[C@H]1O. The zero-order chi connectivity index (χ0) is 25.7. The van der Waals surface area contributed by atoms with Crippen LogP contribution in [0.3, 0.4) is 0 Å². The van der Waals surface area contributed by atoms with Gasteiger partial charge in [-0.1, -0.05) is 4.98 Å². The van der Waals surface area contributed by atoms with Crippen molar-refractivity contribution in [1.29, 1.82) is 0 Å². The van der Waals surface area contributed by atoms with E-state index >= 15 is 0 Å². The molecule has 4 heterocycles. The van der Waals surface area contributed by atoms with E-state index in [9.17, 15) is 33.9 Å². The largest absolute Gasteiger partial charge is 0.480 e. The van der Waals surface area contributed by atoms with E-state index < -0.39 is 52.3 Å². The van der Waals surface area contributed by atoms with Gasteiger partial charge >= 0.3 is 21.2 Å². The molecule has 1 fully saturated rings. The Bertz CT molecular complexity index is 1370. The maximum atomic E-state index is 12.5. The van der Waals surface area contributed by atoms with Crippen LogP contribution >= 0.6 is 15.6 Å². The van der Waals surface area contributed by atoms with Crippen LogP contribution in [-0.4, -0.2) is 82.9 Å². The number of aryl methyl sites for hydroxylation is 1. The first kappa shape index (κ1) is 25.6. The monoisotopic (exact) mass is 536 g/mol. The highest BCUT2D eigenvalue weighted by Gasteiger charge is 2.48. The van der Waals surface area contributed by atoms with Crippen molar-refractivity contribution in [1.82, 2.24) is 23.9 Å². The predicted molar refractivity (Wildman–Crippen MR) is 116 cm³/mol. The molecule has 0 amide bonds. The second-order valence-corrected chi connectivity index (χ2v) is 11.2. The number of aliphatic hydroxyl groups is 2. The second-order valence-electron chi connectivity index (χ2n) is 7.92. The lowest BCUT2D eigenvalue weighted by Gasteiger charge is -2.19. The number of nitrogens with one attached hydrogen (secondary N) is 1. The molecule has 4 rings (SSSR count). The van der Waals surface area contributed by atoms with Gasteiger partial charge in [-0.25, -0.2) is 23.0 Å². The lowest BCUT2D eigenvalue weighted by atomic mass is 10.1. The topological polar surface area (TPSA) is 218 Å². The number of H-pyrrole nitrogens is 1. The zero-order valence-electron chi connectivity index (χ0n) is 18.6. The summed E-state index contributed by atoms with van der Waals surface area (Å²) in [5.41, 5.74) is -0.125. The molecule has 0 aromatic carbocycles. The minimum atomic E-state index is -5.11. The van der Waals surface area contributed by atoms with Crippen LogP contribution in [0.4, 0.5) is 5.95 Å². The molecule has 17 nitrogen and oxygen atoms in total. The number of anilines is 1. The number of hydrogen-bond donors (Lipinski definition) is 5. The molecule has 3 aromatic heterocycles. The summed E-state index contributed by atoms with van der Waals surface area (Å²) in [5, 5.41) is 21.0. The maximum Gasteiger partial charge on any atom is 0.480 e. The summed E-state index contributed by atoms with van der Waals surface area (Å²) in [4.78, 5) is 44.4. The Hall–Kier alpha value is -2.46. The van der Waals surface area contributed by atoms with Gasteiger partial charge < -0.3 is 29.6 Å². The molecule has 19 heteroatoms. The van der Waals surface area contributed by atoms with E-state index in [1.165, 1.54) is 15.5 Å². The Kier molecular flexibility index (Phi) is 6.74. The zero-order valence-corrected chi connectivity index (χ0v) is 20.4. The predicted octanol–water partition coefficient (Wildman–Crippen LogP) is -1.79. The number of fused-ring (bicyclic) bond motifs is 1. The fraction of sp³-hybridized carbons (Fsp3) is 0.500. The van der Waals surface area contributed by atoms with E-state index in [0.717, 1.165) is 18.7 Å². The van der Waals surface area contributed by atoms with Gasteiger partial charge in [-0.2, -0.15) is 4.31 Å². The lowest BCUT2D eigenvalue weighted by molar-refractivity contribution is -0.745. The summed E-state index contributed by atoms with van der Waals surface area (Å²) in [7, 11) is -4.99. The van der Waals surface area contributed by atoms with Crippen LogP contribution < -0.4 is 15.0 Å². The average Bonchev–Trinajstić information content (AvgIpc) is 3.47. The van der Waals surface area contributed by atoms with Crippen molar-refractivity contribution in [3.8, 4) is 0 Å². The Morgan fingerprint density at radius 1 is 1.29 bits per heavy atom. The molecular weight excluding hydrogens is 512 g/mol. The van der Waals surface area contributed by atoms with Crippen LogP contribution in [0.2, 0.25) is 0 Å². The van der Waals surface area contributed by atoms with Crippen LogP contribution in [0, 0.1) is 0 Å². The molecule has 5 N–H and O–H groups in total. The summed E-state index contributed by atoms with van der Waals surface area (Å²) >= 11 is 0. The third-order valence-electron chi connectivity index (χ3n) is 5.19. The molecule has 3 aromatic rings. The van der Waals surface area contributed by atoms with Crippen molar-refractivity contribution >= 4 is 32.7 Å². The fourth-order valence-electron chi connectivity index (χ4n) is 3.50. The molecule has 192 valence electrons. The van der Waals surface area contributed by atoms with E-state index in [4.69, 9.17) is 9.26 Å². The third-order valence-corrected chi connectivity index (χ3v) is 8.16. The van der Waals surface area contributed by atoms with E-state index in [-0.39, 0.29) is 17.1 Å². The Morgan fingerprint density at radius 3 is 2.63 bits per heavy atom. The van der Waals surface area contributed by atoms with Gasteiger partial charge in [-0.3, -0.25) is 18.9 Å². The molecule has 0 aliphatic carbocycles. The number of phosphoric ester groups is 1. The molecule has 0 saturated carbocycles. The van der Waals surface area contributed by atoms with Crippen molar-refractivity contribution < 1.29 is 47.3 Å². The highest BCUT2D eigenvalue weighted by atomic mass is 31.3. The quantitative estimate of drug-likeness (QED) is 0.159. The van der Waals surface area contributed by atoms with Crippen molar-refractivity contribution in [2.75, 3.05) is 25.6 Å². The number of aromatic amines is 1. The molecular formula is C16H24N7O10P2+. The number of aliphatic hydroxyl groups excluding tert-OH is 2. The van der Waals surface area contributed by atoms with Crippen molar-refractivity contribution in [3.05, 3.63) is 35.4 Å². The van der Waals surface area contributed by atoms with E-state index in [1.807, 2.05) is 0 Å². The molecule has 0 spiro atoms. The number of hydrogen-bond acceptors (Lipinski definition) is 11. The van der Waals surface area contributed by atoms with Gasteiger partial charge in [0, 0.05) is 26.5 Å². The summed E-state index contributed by atoms with van der Waals surface area (Å²) in [5.74, 6) is 0.236. The first-order valence-corrected chi connectivity index (χ1v) is 13.0. The normalized spacial score (nSPS) is 26.0. The van der Waals surface area contributed by atoms with Gasteiger partial charge in [-0.15, -0.1) is 0 Å². The number of nitrogens with zero attached hydrogens (tertiary/aromatic N) is 6. The van der Waals surface area contributed by atoms with Crippen LogP contribution in [0.25, 0.3) is 11.2 Å². The Balaban J connectivity index is 1.53. The van der Waals surface area contributed by atoms with Crippen molar-refractivity contribution in [2.24, 2.45) is 7.05 Å². The van der Waals surface area contributed by atoms with Gasteiger partial charge in [0.25, 0.3) is 11.5 Å². The summed E-state index contributed by atoms with van der Waals surface area (Å²) in [6, 6.07) is 0. The first-order chi connectivity index (χ1) is 16.3. The number of phosphoric acid groups is 1. The number of imidazole rings is 2. The van der Waals surface area contributed by atoms with Crippen LogP contribution in [-0.2, 0) is 29.7 Å². The molecule has 35 heavy (non-hydrogen) atoms. The van der Waals surface area contributed by atoms with Gasteiger partial charge in [0.05, 0.1) is 13.7 Å². The molecule has 6 atom stereocenters. The number of rotatable bonds is 8. The first-order valence-electron chi connectivity index (χ1n) is 10.0. The van der Waals surface area contributed by atoms with Gasteiger partial charge in [-0.05, 0) is 0 Å². The molecule has 0 bridgehead atoms. The molecule has 0 radical (unpaired) electrons. The van der Waals surface area contributed by atoms with Gasteiger partial charge in [0.2, 0.25) is 11.7 Å². The molecule has 1 aliphatic rings. The molecule has 1 saturated heterocycles. The second kappa shape index (κ2) is 9.20. The highest BCUT2D eigenvalue weighted by molar-refractivity contribution is 7.63. The fourth-order valence-corrected chi connectivity index (χ4v) is 5.86. The van der Waals surface area contributed by atoms with E-state index in [2.05, 4.69) is 19.3 Å². The lowest BCUT2D eigenvalue weighted by Crippen LogP contribution is -2.46. The Labute approximate surface area is 197 Å². The van der Waals surface area contributed by atoms with E-state index in [1.54, 1.807) is 26.0 Å². The third kappa shape index (κ3) is 4.95. The van der Waals surface area contributed by atoms with Crippen molar-refractivity contribution in [3.63, 3.8) is 0 Å². The average molecular weight is 536 g/mol. The van der Waals surface area contributed by atoms with Gasteiger partial charge in [0.15, 0.2) is 6.33 Å². The smallest absolute Gasteiger partial charge is 0.387 e. The van der Waals surface area contributed by atoms with Gasteiger partial charge in [0.1, 0.15) is 24.6 Å². The summed E-state index contributed by atoms with van der Waals surface area (Å²) in [6.45, 7) is -0.783. The highest BCUT2D eigenvalue weighted by Crippen LogP contribution is 2.60. The number of aromatic nitrogens is 6. The molecule has 1 aliphatic heterocycles. The van der Waals surface area contributed by atoms with E-state index in [0.29, 0.717) is 4.34 Å². The standard InChI is InChI=1S/C16H23N7O10P2/c1-20(2)16-18-13-10(14(26)19-16)21(3)8-23(13)15-12(25)11(24)9(32-15)6-31-35(29,30)33-34(27,28)22-5-4-17-7-22/h4-5,7-9,11-12,15,24-25H,6H2,1-3H3,(H2-,18,19,26,27,28,29,30)/p+1/t9-,11-,12-,15-/m1/s1. The van der Waals surface area contributed by atoms with Crippen LogP contribution in [0.15, 0.2) is 29.8 Å². The Morgan fingerprint density at radius 2 is 2.00 bits per heavy atom. The minimum absolute atomic E-state index is 0.149. The number of ether oxygens (including phenoxy) is 1. The summed E-state index contributed by atoms with van der Waals surface area (Å²) < 4.78 is 42.5. The minimum Gasteiger partial charge on any atom is -0.387 e. The summed E-state index contributed by atoms with van der Waals surface area (Å²) in [6.07, 6.45) is -1.17. The van der Waals surface area contributed by atoms with Crippen LogP contribution in [0.1, 0.15) is 6.23 Å². The van der Waals surface area contributed by atoms with Crippen LogP contribution in [0.5, 0.6) is 0 Å². The maximum absolute atomic E-state index is 12.5. The van der Waals surface area contributed by atoms with Crippen molar-refractivity contribution in [2.45, 2.75) is 24.5 Å².